The average molecular weight is 346 g/mol. The molecule has 0 aliphatic carbocycles. The Balaban J connectivity index is 2.70. The van der Waals surface area contributed by atoms with Crippen LogP contribution in [0.2, 0.25) is 0 Å². The highest BCUT2D eigenvalue weighted by molar-refractivity contribution is 6.00. The summed E-state index contributed by atoms with van der Waals surface area (Å²) in [6.07, 6.45) is 0. The number of hydrogen-bond acceptors (Lipinski definition) is 7. The van der Waals surface area contributed by atoms with Crippen LogP contribution in [0.3, 0.4) is 0 Å². The average Bonchev–Trinajstić information content (AvgIpc) is 2.60. The van der Waals surface area contributed by atoms with Crippen LogP contribution in [0.15, 0.2) is 46.7 Å². The van der Waals surface area contributed by atoms with E-state index in [0.717, 1.165) is 0 Å². The number of methoxy groups -OCH3 is 2. The number of ether oxygens (including phenoxy) is 2. The number of esters is 2. The van der Waals surface area contributed by atoms with Crippen LogP contribution in [0, 0.1) is 10.1 Å². The van der Waals surface area contributed by atoms with Crippen LogP contribution in [0.25, 0.3) is 0 Å². The van der Waals surface area contributed by atoms with E-state index >= 15 is 0 Å². The largest absolute Gasteiger partial charge is 0.466 e. The summed E-state index contributed by atoms with van der Waals surface area (Å²) in [6, 6.07) is 5.28. The molecule has 0 saturated carbocycles. The number of nitro groups is 1. The van der Waals surface area contributed by atoms with E-state index in [4.69, 9.17) is 9.47 Å². The summed E-state index contributed by atoms with van der Waals surface area (Å²) in [5.74, 6) is -1.29. The molecule has 1 aromatic rings. The number of hydrogen-bond donors (Lipinski definition) is 1. The van der Waals surface area contributed by atoms with Gasteiger partial charge in [0.1, 0.15) is 0 Å². The minimum atomic E-state index is -0.817. The Hall–Kier alpha value is -3.16. The standard InChI is InChI=1S/C17H18N2O6/c1-9-13(16(20)24-3)10(2)18-15(14(9)17(21)25-4)11-7-5-6-8-12(11)19(22)23/h5-8,15,18H,1-4H3. The first-order valence-corrected chi connectivity index (χ1v) is 7.42. The Morgan fingerprint density at radius 3 is 2.28 bits per heavy atom. The van der Waals surface area contributed by atoms with E-state index in [1.807, 2.05) is 0 Å². The Morgan fingerprint density at radius 1 is 1.12 bits per heavy atom. The number of nitrogens with zero attached hydrogens (tertiary/aromatic N) is 1. The topological polar surface area (TPSA) is 108 Å². The minimum absolute atomic E-state index is 0.128. The zero-order valence-corrected chi connectivity index (χ0v) is 14.3. The van der Waals surface area contributed by atoms with Gasteiger partial charge in [-0.1, -0.05) is 12.1 Å². The monoisotopic (exact) mass is 346 g/mol. The van der Waals surface area contributed by atoms with Crippen molar-refractivity contribution in [3.8, 4) is 0 Å². The summed E-state index contributed by atoms with van der Waals surface area (Å²) < 4.78 is 9.59. The molecule has 0 fully saturated rings. The van der Waals surface area contributed by atoms with Crippen LogP contribution >= 0.6 is 0 Å². The second-order valence-electron chi connectivity index (χ2n) is 5.42. The fraction of sp³-hybridized carbons (Fsp3) is 0.294. The van der Waals surface area contributed by atoms with Gasteiger partial charge < -0.3 is 14.8 Å². The fourth-order valence-electron chi connectivity index (χ4n) is 2.91. The molecule has 0 aromatic heterocycles. The molecule has 1 unspecified atom stereocenters. The predicted molar refractivity (Wildman–Crippen MR) is 88.4 cm³/mol. The summed E-state index contributed by atoms with van der Waals surface area (Å²) in [6.45, 7) is 3.23. The van der Waals surface area contributed by atoms with E-state index < -0.39 is 22.9 Å². The van der Waals surface area contributed by atoms with E-state index in [1.165, 1.54) is 20.3 Å². The van der Waals surface area contributed by atoms with Gasteiger partial charge in [0.05, 0.1) is 41.9 Å². The zero-order valence-electron chi connectivity index (χ0n) is 14.3. The van der Waals surface area contributed by atoms with Crippen molar-refractivity contribution in [2.24, 2.45) is 0 Å². The van der Waals surface area contributed by atoms with Crippen molar-refractivity contribution in [2.45, 2.75) is 19.9 Å². The number of nitro benzene ring substituents is 1. The van der Waals surface area contributed by atoms with E-state index in [-0.39, 0.29) is 16.8 Å². The van der Waals surface area contributed by atoms with Crippen molar-refractivity contribution in [1.29, 1.82) is 0 Å². The zero-order chi connectivity index (χ0) is 18.7. The molecule has 0 radical (unpaired) electrons. The Morgan fingerprint density at radius 2 is 1.72 bits per heavy atom. The first-order chi connectivity index (χ1) is 11.8. The molecule has 25 heavy (non-hydrogen) atoms. The van der Waals surface area contributed by atoms with Crippen molar-refractivity contribution >= 4 is 17.6 Å². The molecule has 2 rings (SSSR count). The molecule has 0 bridgehead atoms. The van der Waals surface area contributed by atoms with Gasteiger partial charge in [-0.15, -0.1) is 0 Å². The number of nitrogens with one attached hydrogen (secondary N) is 1. The molecule has 1 heterocycles. The summed E-state index contributed by atoms with van der Waals surface area (Å²) >= 11 is 0. The lowest BCUT2D eigenvalue weighted by atomic mass is 9.86. The lowest BCUT2D eigenvalue weighted by molar-refractivity contribution is -0.385. The molecule has 1 aliphatic rings. The Bertz CT molecular complexity index is 809. The fourth-order valence-corrected chi connectivity index (χ4v) is 2.91. The molecule has 132 valence electrons. The molecule has 1 N–H and O–H groups in total. The quantitative estimate of drug-likeness (QED) is 0.506. The van der Waals surface area contributed by atoms with Gasteiger partial charge in [0.15, 0.2) is 0 Å². The predicted octanol–water partition coefficient (Wildman–Crippen LogP) is 2.18. The molecular formula is C17H18N2O6. The van der Waals surface area contributed by atoms with Crippen molar-refractivity contribution in [3.63, 3.8) is 0 Å². The molecule has 0 spiro atoms. The molecule has 1 aliphatic heterocycles. The van der Waals surface area contributed by atoms with Gasteiger partial charge in [0.25, 0.3) is 5.69 Å². The summed E-state index contributed by atoms with van der Waals surface area (Å²) in [7, 11) is 2.45. The molecule has 0 saturated heterocycles. The number of allylic oxidation sites excluding steroid dienone is 1. The van der Waals surface area contributed by atoms with Gasteiger partial charge >= 0.3 is 11.9 Å². The highest BCUT2D eigenvalue weighted by atomic mass is 16.6. The molecule has 0 amide bonds. The van der Waals surface area contributed by atoms with Crippen LogP contribution in [0.5, 0.6) is 0 Å². The normalized spacial score (nSPS) is 17.0. The number of benzene rings is 1. The highest BCUT2D eigenvalue weighted by Gasteiger charge is 2.36. The maximum absolute atomic E-state index is 12.3. The third-order valence-electron chi connectivity index (χ3n) is 4.04. The highest BCUT2D eigenvalue weighted by Crippen LogP contribution is 2.38. The van der Waals surface area contributed by atoms with Crippen molar-refractivity contribution in [2.75, 3.05) is 14.2 Å². The van der Waals surface area contributed by atoms with Gasteiger partial charge in [-0.25, -0.2) is 9.59 Å². The van der Waals surface area contributed by atoms with E-state index in [1.54, 1.807) is 32.0 Å². The van der Waals surface area contributed by atoms with Gasteiger partial charge in [0, 0.05) is 11.8 Å². The van der Waals surface area contributed by atoms with Crippen molar-refractivity contribution < 1.29 is 24.0 Å². The van der Waals surface area contributed by atoms with Crippen LogP contribution in [-0.2, 0) is 19.1 Å². The number of dihydropyridines is 1. The maximum Gasteiger partial charge on any atom is 0.339 e. The first-order valence-electron chi connectivity index (χ1n) is 7.42. The number of rotatable bonds is 4. The third-order valence-corrected chi connectivity index (χ3v) is 4.04. The van der Waals surface area contributed by atoms with Crippen LogP contribution in [0.1, 0.15) is 25.5 Å². The summed E-state index contributed by atoms with van der Waals surface area (Å²) in [5.41, 5.74) is 1.32. The number of carbonyl (C=O) groups excluding carboxylic acids is 2. The van der Waals surface area contributed by atoms with Crippen LogP contribution < -0.4 is 5.32 Å². The van der Waals surface area contributed by atoms with Gasteiger partial charge in [0.2, 0.25) is 0 Å². The van der Waals surface area contributed by atoms with E-state index in [9.17, 15) is 19.7 Å². The lowest BCUT2D eigenvalue weighted by Crippen LogP contribution is -2.34. The van der Waals surface area contributed by atoms with Crippen molar-refractivity contribution in [1.82, 2.24) is 5.32 Å². The molecule has 1 atom stereocenters. The third kappa shape index (κ3) is 3.23. The number of para-hydroxylation sites is 1. The van der Waals surface area contributed by atoms with E-state index in [2.05, 4.69) is 5.32 Å². The molecule has 1 aromatic carbocycles. The Labute approximate surface area is 144 Å². The van der Waals surface area contributed by atoms with Crippen molar-refractivity contribution in [3.05, 3.63) is 62.4 Å². The molecule has 8 nitrogen and oxygen atoms in total. The lowest BCUT2D eigenvalue weighted by Gasteiger charge is -2.30. The SMILES string of the molecule is COC(=O)C1=C(C)NC(c2ccccc2[N+](=O)[O-])C(C(=O)OC)=C1C. The maximum atomic E-state index is 12.3. The summed E-state index contributed by atoms with van der Waals surface area (Å²) in [5, 5.41) is 14.4. The van der Waals surface area contributed by atoms with Gasteiger partial charge in [-0.05, 0) is 25.5 Å². The van der Waals surface area contributed by atoms with Gasteiger partial charge in [-0.3, -0.25) is 10.1 Å². The van der Waals surface area contributed by atoms with Crippen LogP contribution in [-0.4, -0.2) is 31.1 Å². The number of carbonyl (C=O) groups is 2. The van der Waals surface area contributed by atoms with Crippen LogP contribution in [0.4, 0.5) is 5.69 Å². The van der Waals surface area contributed by atoms with E-state index in [0.29, 0.717) is 16.8 Å². The molecule has 8 heteroatoms. The second kappa shape index (κ2) is 7.16. The molecular weight excluding hydrogens is 328 g/mol. The van der Waals surface area contributed by atoms with Gasteiger partial charge in [-0.2, -0.15) is 0 Å². The Kier molecular flexibility index (Phi) is 5.21. The summed E-state index contributed by atoms with van der Waals surface area (Å²) in [4.78, 5) is 35.2. The first kappa shape index (κ1) is 18.2. The smallest absolute Gasteiger partial charge is 0.339 e. The second-order valence-corrected chi connectivity index (χ2v) is 5.42. The minimum Gasteiger partial charge on any atom is -0.466 e.